The number of benzene rings is 1. The number of halogens is 2. The van der Waals surface area contributed by atoms with Gasteiger partial charge in [-0.25, -0.2) is 0 Å². The highest BCUT2D eigenvalue weighted by atomic mass is 79.9. The molecule has 2 rings (SSSR count). The van der Waals surface area contributed by atoms with Crippen LogP contribution in [0.2, 0.25) is 0 Å². The van der Waals surface area contributed by atoms with E-state index in [1.165, 1.54) is 0 Å². The molecular formula is C15H19Br2N3O. The third-order valence-corrected chi connectivity index (χ3v) is 4.69. The first-order valence-corrected chi connectivity index (χ1v) is 8.48. The minimum atomic E-state index is 0.439. The van der Waals surface area contributed by atoms with Crippen molar-refractivity contribution in [2.24, 2.45) is 0 Å². The Morgan fingerprint density at radius 3 is 2.57 bits per heavy atom. The molecule has 0 spiro atoms. The average Bonchev–Trinajstić information content (AvgIpc) is 2.73. The van der Waals surface area contributed by atoms with E-state index in [9.17, 15) is 0 Å². The second-order valence-corrected chi connectivity index (χ2v) is 6.52. The van der Waals surface area contributed by atoms with Crippen molar-refractivity contribution in [1.82, 2.24) is 9.78 Å². The van der Waals surface area contributed by atoms with E-state index in [-0.39, 0.29) is 0 Å². The molecule has 2 aromatic rings. The van der Waals surface area contributed by atoms with Crippen LogP contribution in [0.4, 0.5) is 5.69 Å². The molecular weight excluding hydrogens is 398 g/mol. The molecule has 2 N–H and O–H groups in total. The normalized spacial score (nSPS) is 10.9. The van der Waals surface area contributed by atoms with E-state index in [1.54, 1.807) is 0 Å². The molecule has 1 aromatic heterocycles. The molecule has 21 heavy (non-hydrogen) atoms. The molecule has 1 aromatic carbocycles. The van der Waals surface area contributed by atoms with E-state index in [4.69, 9.17) is 10.5 Å². The predicted octanol–water partition coefficient (Wildman–Crippen LogP) is 4.46. The number of aromatic nitrogens is 2. The van der Waals surface area contributed by atoms with Gasteiger partial charge < -0.3 is 10.5 Å². The average molecular weight is 417 g/mol. The summed E-state index contributed by atoms with van der Waals surface area (Å²) < 4.78 is 9.90. The fourth-order valence-corrected chi connectivity index (χ4v) is 3.52. The van der Waals surface area contributed by atoms with Crippen LogP contribution >= 0.6 is 31.9 Å². The third kappa shape index (κ3) is 3.43. The van der Waals surface area contributed by atoms with Crippen molar-refractivity contribution in [1.29, 1.82) is 0 Å². The summed E-state index contributed by atoms with van der Waals surface area (Å²) in [5.41, 5.74) is 9.77. The summed E-state index contributed by atoms with van der Waals surface area (Å²) in [5, 5.41) is 4.57. The van der Waals surface area contributed by atoms with Gasteiger partial charge in [-0.2, -0.15) is 5.10 Å². The van der Waals surface area contributed by atoms with Crippen LogP contribution in [-0.4, -0.2) is 9.78 Å². The van der Waals surface area contributed by atoms with Crippen molar-refractivity contribution in [3.8, 4) is 5.75 Å². The van der Waals surface area contributed by atoms with Crippen molar-refractivity contribution < 1.29 is 4.74 Å². The highest BCUT2D eigenvalue weighted by Crippen LogP contribution is 2.31. The monoisotopic (exact) mass is 415 g/mol. The number of ether oxygens (including phenoxy) is 1. The molecule has 0 bridgehead atoms. The van der Waals surface area contributed by atoms with Gasteiger partial charge >= 0.3 is 0 Å². The lowest BCUT2D eigenvalue weighted by Gasteiger charge is -2.13. The Kier molecular flexibility index (Phi) is 5.32. The van der Waals surface area contributed by atoms with Crippen molar-refractivity contribution in [3.05, 3.63) is 38.0 Å². The molecule has 0 amide bonds. The second-order valence-electron chi connectivity index (χ2n) is 4.81. The van der Waals surface area contributed by atoms with Crippen LogP contribution in [-0.2, 0) is 19.6 Å². The first kappa shape index (κ1) is 16.4. The van der Waals surface area contributed by atoms with Gasteiger partial charge in [-0.1, -0.05) is 22.9 Å². The van der Waals surface area contributed by atoms with Crippen molar-refractivity contribution in [2.75, 3.05) is 5.73 Å². The molecule has 0 saturated heterocycles. The SMILES string of the molecule is CCc1nn(CC)c(COc2c(C)cc(Br)cc2N)c1Br. The van der Waals surface area contributed by atoms with Gasteiger partial charge in [0.2, 0.25) is 0 Å². The number of anilines is 1. The molecule has 0 aliphatic heterocycles. The van der Waals surface area contributed by atoms with E-state index in [0.29, 0.717) is 12.3 Å². The van der Waals surface area contributed by atoms with Gasteiger partial charge in [0.25, 0.3) is 0 Å². The van der Waals surface area contributed by atoms with Gasteiger partial charge in [0.05, 0.1) is 21.5 Å². The van der Waals surface area contributed by atoms with Crippen LogP contribution in [0, 0.1) is 6.92 Å². The molecule has 6 heteroatoms. The summed E-state index contributed by atoms with van der Waals surface area (Å²) >= 11 is 7.06. The Morgan fingerprint density at radius 1 is 1.29 bits per heavy atom. The molecule has 0 aliphatic carbocycles. The first-order chi connectivity index (χ1) is 9.97. The molecule has 0 fully saturated rings. The fraction of sp³-hybridized carbons (Fsp3) is 0.400. The summed E-state index contributed by atoms with van der Waals surface area (Å²) in [6.45, 7) is 7.40. The minimum Gasteiger partial charge on any atom is -0.485 e. The lowest BCUT2D eigenvalue weighted by atomic mass is 10.2. The van der Waals surface area contributed by atoms with Crippen LogP contribution in [0.15, 0.2) is 21.1 Å². The summed E-state index contributed by atoms with van der Waals surface area (Å²) in [5.74, 6) is 0.729. The van der Waals surface area contributed by atoms with Crippen LogP contribution in [0.1, 0.15) is 30.8 Å². The largest absolute Gasteiger partial charge is 0.485 e. The Morgan fingerprint density at radius 2 is 2.00 bits per heavy atom. The molecule has 0 saturated carbocycles. The maximum atomic E-state index is 6.04. The zero-order chi connectivity index (χ0) is 15.6. The first-order valence-electron chi connectivity index (χ1n) is 6.90. The van der Waals surface area contributed by atoms with Gasteiger partial charge in [-0.15, -0.1) is 0 Å². The lowest BCUT2D eigenvalue weighted by Crippen LogP contribution is -2.08. The van der Waals surface area contributed by atoms with Crippen molar-refractivity contribution in [3.63, 3.8) is 0 Å². The Labute approximate surface area is 141 Å². The van der Waals surface area contributed by atoms with Gasteiger partial charge in [0.1, 0.15) is 12.4 Å². The number of rotatable bonds is 5. The quantitative estimate of drug-likeness (QED) is 0.732. The number of nitrogens with zero attached hydrogens (tertiary/aromatic N) is 2. The van der Waals surface area contributed by atoms with Crippen molar-refractivity contribution in [2.45, 2.75) is 40.3 Å². The third-order valence-electron chi connectivity index (χ3n) is 3.32. The Bertz CT molecular complexity index is 630. The minimum absolute atomic E-state index is 0.439. The van der Waals surface area contributed by atoms with E-state index in [2.05, 4.69) is 50.8 Å². The molecule has 114 valence electrons. The topological polar surface area (TPSA) is 53.1 Å². The van der Waals surface area contributed by atoms with Crippen molar-refractivity contribution >= 4 is 37.5 Å². The molecule has 4 nitrogen and oxygen atoms in total. The Hall–Kier alpha value is -1.01. The standard InChI is InChI=1S/C15H19Br2N3O/c1-4-12-14(17)13(20(5-2)19-12)8-21-15-9(3)6-10(16)7-11(15)18/h6-7H,4-5,8,18H2,1-3H3. The van der Waals surface area contributed by atoms with Gasteiger partial charge in [0, 0.05) is 11.0 Å². The highest BCUT2D eigenvalue weighted by molar-refractivity contribution is 9.10. The molecule has 0 unspecified atom stereocenters. The molecule has 1 heterocycles. The zero-order valence-electron chi connectivity index (χ0n) is 12.4. The number of nitrogen functional groups attached to an aromatic ring is 1. The van der Waals surface area contributed by atoms with Gasteiger partial charge in [0.15, 0.2) is 0 Å². The van der Waals surface area contributed by atoms with E-state index >= 15 is 0 Å². The lowest BCUT2D eigenvalue weighted by molar-refractivity contribution is 0.291. The highest BCUT2D eigenvalue weighted by Gasteiger charge is 2.15. The zero-order valence-corrected chi connectivity index (χ0v) is 15.6. The number of nitrogens with two attached hydrogens (primary N) is 1. The fourth-order valence-electron chi connectivity index (χ4n) is 2.25. The summed E-state index contributed by atoms with van der Waals surface area (Å²) in [4.78, 5) is 0. The Balaban J connectivity index is 2.26. The maximum Gasteiger partial charge on any atom is 0.145 e. The number of hydrogen-bond donors (Lipinski definition) is 1. The van der Waals surface area contributed by atoms with Crippen LogP contribution in [0.3, 0.4) is 0 Å². The van der Waals surface area contributed by atoms with E-state index in [1.807, 2.05) is 23.7 Å². The summed E-state index contributed by atoms with van der Waals surface area (Å²) in [7, 11) is 0. The number of hydrogen-bond acceptors (Lipinski definition) is 3. The van der Waals surface area contributed by atoms with Crippen LogP contribution < -0.4 is 10.5 Å². The van der Waals surface area contributed by atoms with Gasteiger partial charge in [-0.05, 0) is 53.9 Å². The summed E-state index contributed by atoms with van der Waals surface area (Å²) in [6, 6.07) is 3.85. The number of aryl methyl sites for hydroxylation is 3. The van der Waals surface area contributed by atoms with Crippen LogP contribution in [0.5, 0.6) is 5.75 Å². The predicted molar refractivity (Wildman–Crippen MR) is 92.6 cm³/mol. The molecule has 0 radical (unpaired) electrons. The smallest absolute Gasteiger partial charge is 0.145 e. The summed E-state index contributed by atoms with van der Waals surface area (Å²) in [6.07, 6.45) is 0.889. The molecule has 0 atom stereocenters. The maximum absolute atomic E-state index is 6.04. The van der Waals surface area contributed by atoms with E-state index in [0.717, 1.165) is 44.6 Å². The van der Waals surface area contributed by atoms with Crippen LogP contribution in [0.25, 0.3) is 0 Å². The van der Waals surface area contributed by atoms with E-state index < -0.39 is 0 Å². The van der Waals surface area contributed by atoms with Gasteiger partial charge in [-0.3, -0.25) is 4.68 Å². The molecule has 0 aliphatic rings. The second kappa shape index (κ2) is 6.83.